The molecule has 1 unspecified atom stereocenters. The molecule has 2 aliphatic rings. The van der Waals surface area contributed by atoms with Gasteiger partial charge in [-0.1, -0.05) is 11.6 Å². The summed E-state index contributed by atoms with van der Waals surface area (Å²) in [5.41, 5.74) is -0.494. The second-order valence-corrected chi connectivity index (χ2v) is 7.92. The molecule has 21 heavy (non-hydrogen) atoms. The SMILES string of the molecule is O=c1[nH]cc(S(=O)(=O)NCC2CCN(C3CC3)C2)cc1Cl. The van der Waals surface area contributed by atoms with Crippen molar-refractivity contribution < 1.29 is 8.42 Å². The first-order chi connectivity index (χ1) is 9.95. The monoisotopic (exact) mass is 331 g/mol. The molecule has 1 aromatic heterocycles. The van der Waals surface area contributed by atoms with Gasteiger partial charge in [0, 0.05) is 25.3 Å². The smallest absolute Gasteiger partial charge is 0.266 e. The highest BCUT2D eigenvalue weighted by atomic mass is 35.5. The molecule has 1 aliphatic carbocycles. The lowest BCUT2D eigenvalue weighted by atomic mass is 10.1. The van der Waals surface area contributed by atoms with E-state index < -0.39 is 15.6 Å². The summed E-state index contributed by atoms with van der Waals surface area (Å²) in [6.07, 6.45) is 4.73. The van der Waals surface area contributed by atoms with Crippen LogP contribution in [0, 0.1) is 5.92 Å². The number of halogens is 1. The molecule has 0 radical (unpaired) electrons. The first-order valence-corrected chi connectivity index (χ1v) is 8.94. The van der Waals surface area contributed by atoms with Crippen molar-refractivity contribution in [1.82, 2.24) is 14.6 Å². The molecule has 116 valence electrons. The van der Waals surface area contributed by atoms with Gasteiger partial charge in [0.05, 0.1) is 4.90 Å². The fourth-order valence-electron chi connectivity index (χ4n) is 2.70. The van der Waals surface area contributed by atoms with Crippen molar-refractivity contribution >= 4 is 21.6 Å². The van der Waals surface area contributed by atoms with Gasteiger partial charge in [-0.25, -0.2) is 13.1 Å². The summed E-state index contributed by atoms with van der Waals surface area (Å²) in [7, 11) is -3.63. The molecule has 8 heteroatoms. The number of hydrogen-bond donors (Lipinski definition) is 2. The van der Waals surface area contributed by atoms with Crippen molar-refractivity contribution in [2.45, 2.75) is 30.2 Å². The second-order valence-electron chi connectivity index (χ2n) is 5.75. The Labute approximate surface area is 128 Å². The zero-order chi connectivity index (χ0) is 15.0. The number of sulfonamides is 1. The minimum atomic E-state index is -3.63. The summed E-state index contributed by atoms with van der Waals surface area (Å²) < 4.78 is 27.0. The predicted octanol–water partition coefficient (Wildman–Crippen LogP) is 0.791. The molecule has 6 nitrogen and oxygen atoms in total. The lowest BCUT2D eigenvalue weighted by molar-refractivity contribution is 0.314. The van der Waals surface area contributed by atoms with Gasteiger partial charge in [0.25, 0.3) is 5.56 Å². The van der Waals surface area contributed by atoms with Crippen LogP contribution in [0.25, 0.3) is 0 Å². The summed E-state index contributed by atoms with van der Waals surface area (Å²) in [5.74, 6) is 0.346. The van der Waals surface area contributed by atoms with Gasteiger partial charge in [0.1, 0.15) is 5.02 Å². The molecule has 1 atom stereocenters. The third kappa shape index (κ3) is 3.48. The number of rotatable bonds is 5. The van der Waals surface area contributed by atoms with Gasteiger partial charge in [-0.05, 0) is 37.8 Å². The maximum absolute atomic E-state index is 12.2. The Balaban J connectivity index is 1.60. The van der Waals surface area contributed by atoms with Gasteiger partial charge in [0.15, 0.2) is 0 Å². The summed E-state index contributed by atoms with van der Waals surface area (Å²) in [4.78, 5) is 15.9. The summed E-state index contributed by atoms with van der Waals surface area (Å²) in [6.45, 7) is 2.43. The van der Waals surface area contributed by atoms with Gasteiger partial charge in [-0.15, -0.1) is 0 Å². The van der Waals surface area contributed by atoms with Crippen molar-refractivity contribution in [2.75, 3.05) is 19.6 Å². The zero-order valence-corrected chi connectivity index (χ0v) is 13.1. The largest absolute Gasteiger partial charge is 0.326 e. The van der Waals surface area contributed by atoms with E-state index in [0.717, 1.165) is 25.6 Å². The topological polar surface area (TPSA) is 82.3 Å². The first-order valence-electron chi connectivity index (χ1n) is 7.07. The number of aromatic nitrogens is 1. The Hall–Kier alpha value is -0.890. The number of nitrogens with zero attached hydrogens (tertiary/aromatic N) is 1. The van der Waals surface area contributed by atoms with Gasteiger partial charge in [-0.2, -0.15) is 0 Å². The average Bonchev–Trinajstić information content (AvgIpc) is 3.19. The third-order valence-corrected chi connectivity index (χ3v) is 5.77. The van der Waals surface area contributed by atoms with Crippen LogP contribution in [0.15, 0.2) is 22.0 Å². The fraction of sp³-hybridized carbons (Fsp3) is 0.615. The van der Waals surface area contributed by atoms with E-state index >= 15 is 0 Å². The van der Waals surface area contributed by atoms with Crippen molar-refractivity contribution in [1.29, 1.82) is 0 Å². The van der Waals surface area contributed by atoms with Crippen molar-refractivity contribution in [3.05, 3.63) is 27.6 Å². The fourth-order valence-corrected chi connectivity index (χ4v) is 4.05. The maximum Gasteiger partial charge on any atom is 0.266 e. The minimum absolute atomic E-state index is 0.0101. The van der Waals surface area contributed by atoms with Crippen molar-refractivity contribution in [3.63, 3.8) is 0 Å². The molecule has 1 aromatic rings. The lowest BCUT2D eigenvalue weighted by Gasteiger charge is -2.15. The van der Waals surface area contributed by atoms with Crippen LogP contribution in [0.5, 0.6) is 0 Å². The van der Waals surface area contributed by atoms with Gasteiger partial charge < -0.3 is 9.88 Å². The van der Waals surface area contributed by atoms with Crippen LogP contribution >= 0.6 is 11.6 Å². The minimum Gasteiger partial charge on any atom is -0.326 e. The molecule has 0 spiro atoms. The Morgan fingerprint density at radius 2 is 2.14 bits per heavy atom. The lowest BCUT2D eigenvalue weighted by Crippen LogP contribution is -2.32. The van der Waals surface area contributed by atoms with Crippen LogP contribution in [0.3, 0.4) is 0 Å². The summed E-state index contributed by atoms with van der Waals surface area (Å²) >= 11 is 5.67. The third-order valence-electron chi connectivity index (χ3n) is 4.08. The molecule has 1 saturated heterocycles. The van der Waals surface area contributed by atoms with Crippen LogP contribution < -0.4 is 10.3 Å². The number of H-pyrrole nitrogens is 1. The molecule has 2 heterocycles. The van der Waals surface area contributed by atoms with Gasteiger partial charge in [0.2, 0.25) is 10.0 Å². The van der Waals surface area contributed by atoms with E-state index in [-0.39, 0.29) is 9.92 Å². The second kappa shape index (κ2) is 5.72. The van der Waals surface area contributed by atoms with Crippen LogP contribution in [-0.4, -0.2) is 44.0 Å². The van der Waals surface area contributed by atoms with Crippen LogP contribution in [-0.2, 0) is 10.0 Å². The number of hydrogen-bond acceptors (Lipinski definition) is 4. The van der Waals surface area contributed by atoms with Crippen LogP contribution in [0.1, 0.15) is 19.3 Å². The maximum atomic E-state index is 12.2. The Bertz CT molecular complexity index is 684. The standard InChI is InChI=1S/C13H18ClN3O3S/c14-12-5-11(7-15-13(12)18)21(19,20)16-6-9-3-4-17(8-9)10-1-2-10/h5,7,9-10,16H,1-4,6,8H2,(H,15,18). The van der Waals surface area contributed by atoms with E-state index in [4.69, 9.17) is 11.6 Å². The molecular weight excluding hydrogens is 314 g/mol. The van der Waals surface area contributed by atoms with Crippen LogP contribution in [0.4, 0.5) is 0 Å². The van der Waals surface area contributed by atoms with Crippen molar-refractivity contribution in [3.8, 4) is 0 Å². The molecule has 0 amide bonds. The summed E-state index contributed by atoms with van der Waals surface area (Å²) in [5, 5.41) is -0.126. The van der Waals surface area contributed by atoms with Crippen molar-refractivity contribution in [2.24, 2.45) is 5.92 Å². The molecule has 0 bridgehead atoms. The zero-order valence-electron chi connectivity index (χ0n) is 11.5. The van der Waals surface area contributed by atoms with E-state index in [0.29, 0.717) is 12.5 Å². The highest BCUT2D eigenvalue weighted by Gasteiger charge is 2.34. The molecule has 2 N–H and O–H groups in total. The Kier molecular flexibility index (Phi) is 4.09. The number of likely N-dealkylation sites (tertiary alicyclic amines) is 1. The highest BCUT2D eigenvalue weighted by Crippen LogP contribution is 2.31. The summed E-state index contributed by atoms with van der Waals surface area (Å²) in [6, 6.07) is 1.90. The number of nitrogens with one attached hydrogen (secondary N) is 2. The van der Waals surface area contributed by atoms with E-state index in [1.165, 1.54) is 25.1 Å². The van der Waals surface area contributed by atoms with E-state index in [9.17, 15) is 13.2 Å². The van der Waals surface area contributed by atoms with Crippen LogP contribution in [0.2, 0.25) is 5.02 Å². The number of pyridine rings is 1. The number of aromatic amines is 1. The van der Waals surface area contributed by atoms with Gasteiger partial charge >= 0.3 is 0 Å². The van der Waals surface area contributed by atoms with E-state index in [1.807, 2.05) is 0 Å². The average molecular weight is 332 g/mol. The molecule has 1 saturated carbocycles. The highest BCUT2D eigenvalue weighted by molar-refractivity contribution is 7.89. The Morgan fingerprint density at radius 1 is 1.38 bits per heavy atom. The molecule has 2 fully saturated rings. The molecular formula is C13H18ClN3O3S. The van der Waals surface area contributed by atoms with E-state index in [2.05, 4.69) is 14.6 Å². The normalized spacial score (nSPS) is 23.6. The predicted molar refractivity (Wildman–Crippen MR) is 80.0 cm³/mol. The Morgan fingerprint density at radius 3 is 2.81 bits per heavy atom. The molecule has 3 rings (SSSR count). The van der Waals surface area contributed by atoms with E-state index in [1.54, 1.807) is 0 Å². The molecule has 0 aromatic carbocycles. The van der Waals surface area contributed by atoms with Gasteiger partial charge in [-0.3, -0.25) is 4.79 Å². The quantitative estimate of drug-likeness (QED) is 0.835. The molecule has 1 aliphatic heterocycles. The first kappa shape index (κ1) is 15.0.